The lowest BCUT2D eigenvalue weighted by atomic mass is 9.84. The minimum atomic E-state index is 0.00222. The summed E-state index contributed by atoms with van der Waals surface area (Å²) in [5.41, 5.74) is 3.72. The molecule has 6 nitrogen and oxygen atoms in total. The molecule has 1 aliphatic heterocycles. The number of likely N-dealkylation sites (tertiary alicyclic amines) is 1. The van der Waals surface area contributed by atoms with Crippen molar-refractivity contribution in [2.45, 2.75) is 38.8 Å². The van der Waals surface area contributed by atoms with E-state index in [1.807, 2.05) is 16.6 Å². The number of hydrogen-bond donors (Lipinski definition) is 0. The summed E-state index contributed by atoms with van der Waals surface area (Å²) in [4.78, 5) is 17.1. The van der Waals surface area contributed by atoms with Gasteiger partial charge in [-0.05, 0) is 56.8 Å². The number of rotatable bonds is 7. The highest BCUT2D eigenvalue weighted by atomic mass is 16.3. The molecule has 0 unspecified atom stereocenters. The van der Waals surface area contributed by atoms with Gasteiger partial charge in [-0.1, -0.05) is 30.3 Å². The minimum absolute atomic E-state index is 0.00222. The van der Waals surface area contributed by atoms with E-state index in [0.29, 0.717) is 17.7 Å². The number of benzene rings is 1. The number of carbonyl (C=O) groups is 1. The lowest BCUT2D eigenvalue weighted by molar-refractivity contribution is 0.0574. The third-order valence-electron chi connectivity index (χ3n) is 6.49. The largest absolute Gasteiger partial charge is 0.459 e. The van der Waals surface area contributed by atoms with Crippen molar-refractivity contribution in [1.29, 1.82) is 0 Å². The average molecular weight is 421 g/mol. The first-order valence-corrected chi connectivity index (χ1v) is 11.1. The zero-order valence-electron chi connectivity index (χ0n) is 18.7. The molecule has 1 fully saturated rings. The van der Waals surface area contributed by atoms with Gasteiger partial charge in [0.25, 0.3) is 5.91 Å². The molecule has 1 amide bonds. The number of carbonyl (C=O) groups excluding carboxylic acids is 1. The van der Waals surface area contributed by atoms with Crippen molar-refractivity contribution in [3.63, 3.8) is 0 Å². The van der Waals surface area contributed by atoms with Gasteiger partial charge in [0.05, 0.1) is 12.0 Å². The first-order valence-electron chi connectivity index (χ1n) is 11.1. The smallest absolute Gasteiger partial charge is 0.289 e. The maximum atomic E-state index is 12.7. The Labute approximate surface area is 184 Å². The van der Waals surface area contributed by atoms with E-state index in [0.717, 1.165) is 44.6 Å². The lowest BCUT2D eigenvalue weighted by Gasteiger charge is -2.40. The van der Waals surface area contributed by atoms with Gasteiger partial charge < -0.3 is 9.32 Å². The third kappa shape index (κ3) is 5.07. The van der Waals surface area contributed by atoms with E-state index in [2.05, 4.69) is 60.5 Å². The summed E-state index contributed by atoms with van der Waals surface area (Å²) < 4.78 is 7.20. The molecule has 1 aromatic carbocycles. The second-order valence-electron chi connectivity index (χ2n) is 8.69. The highest BCUT2D eigenvalue weighted by Gasteiger charge is 2.32. The molecule has 0 aliphatic carbocycles. The van der Waals surface area contributed by atoms with Crippen LogP contribution >= 0.6 is 0 Å². The van der Waals surface area contributed by atoms with Crippen LogP contribution in [-0.2, 0) is 20.0 Å². The van der Waals surface area contributed by atoms with Gasteiger partial charge in [-0.25, -0.2) is 0 Å². The van der Waals surface area contributed by atoms with Gasteiger partial charge in [-0.15, -0.1) is 0 Å². The van der Waals surface area contributed by atoms with E-state index in [1.165, 1.54) is 11.1 Å². The Kier molecular flexibility index (Phi) is 6.56. The van der Waals surface area contributed by atoms with Crippen molar-refractivity contribution in [1.82, 2.24) is 19.6 Å². The van der Waals surface area contributed by atoms with Gasteiger partial charge in [-0.2, -0.15) is 5.10 Å². The van der Waals surface area contributed by atoms with Crippen LogP contribution < -0.4 is 0 Å². The van der Waals surface area contributed by atoms with E-state index in [4.69, 9.17) is 4.42 Å². The molecular formula is C25H32N4O2. The maximum absolute atomic E-state index is 12.7. The first-order chi connectivity index (χ1) is 15.0. The van der Waals surface area contributed by atoms with Crippen LogP contribution in [0.15, 0.2) is 59.3 Å². The number of likely N-dealkylation sites (N-methyl/N-ethyl adjacent to an activating group) is 1. The van der Waals surface area contributed by atoms with Crippen LogP contribution in [-0.4, -0.2) is 51.7 Å². The molecule has 0 N–H and O–H groups in total. The van der Waals surface area contributed by atoms with Crippen molar-refractivity contribution in [2.24, 2.45) is 13.0 Å². The van der Waals surface area contributed by atoms with Gasteiger partial charge in [0.2, 0.25) is 0 Å². The normalized spacial score (nSPS) is 16.1. The van der Waals surface area contributed by atoms with Crippen molar-refractivity contribution in [2.75, 3.05) is 20.1 Å². The SMILES string of the molecule is Cc1nn(C)cc1CN(C)[C@H](Cc1ccccc1)C1CCN(C(=O)c2ccco2)CC1. The zero-order valence-corrected chi connectivity index (χ0v) is 18.7. The van der Waals surface area contributed by atoms with Crippen LogP contribution in [0.4, 0.5) is 0 Å². The molecule has 1 saturated heterocycles. The second-order valence-corrected chi connectivity index (χ2v) is 8.69. The quantitative estimate of drug-likeness (QED) is 0.581. The molecule has 3 aromatic rings. The summed E-state index contributed by atoms with van der Waals surface area (Å²) in [6.45, 7) is 4.50. The Bertz CT molecular complexity index is 972. The third-order valence-corrected chi connectivity index (χ3v) is 6.49. The molecule has 6 heteroatoms. The van der Waals surface area contributed by atoms with Crippen molar-refractivity contribution in [3.8, 4) is 0 Å². The summed E-state index contributed by atoms with van der Waals surface area (Å²) in [6, 6.07) is 14.6. The van der Waals surface area contributed by atoms with Gasteiger partial charge >= 0.3 is 0 Å². The number of piperidine rings is 1. The van der Waals surface area contributed by atoms with Gasteiger partial charge in [0, 0.05) is 44.5 Å². The Balaban J connectivity index is 1.46. The molecule has 0 bridgehead atoms. The minimum Gasteiger partial charge on any atom is -0.459 e. The average Bonchev–Trinajstić information content (AvgIpc) is 3.42. The summed E-state index contributed by atoms with van der Waals surface area (Å²) in [5.74, 6) is 0.966. The standard InChI is InChI=1S/C25H32N4O2/c1-19-22(18-28(3)26-19)17-27(2)23(16-20-8-5-4-6-9-20)21-11-13-29(14-12-21)25(30)24-10-7-15-31-24/h4-10,15,18,21,23H,11-14,16-17H2,1-3H3/t23-/m1/s1. The summed E-state index contributed by atoms with van der Waals surface area (Å²) in [6.07, 6.45) is 6.69. The fourth-order valence-corrected chi connectivity index (χ4v) is 4.77. The number of amides is 1. The number of aromatic nitrogens is 2. The molecule has 4 rings (SSSR count). The molecule has 0 spiro atoms. The van der Waals surface area contributed by atoms with Crippen LogP contribution in [0.3, 0.4) is 0 Å². The van der Waals surface area contributed by atoms with E-state index in [1.54, 1.807) is 18.4 Å². The number of aryl methyl sites for hydroxylation is 2. The Morgan fingerprint density at radius 2 is 1.94 bits per heavy atom. The van der Waals surface area contributed by atoms with E-state index in [-0.39, 0.29) is 5.91 Å². The van der Waals surface area contributed by atoms with E-state index < -0.39 is 0 Å². The second kappa shape index (κ2) is 9.52. The molecular weight excluding hydrogens is 388 g/mol. The number of furan rings is 1. The van der Waals surface area contributed by atoms with Gasteiger partial charge in [0.15, 0.2) is 5.76 Å². The Hall–Kier alpha value is -2.86. The van der Waals surface area contributed by atoms with Gasteiger partial charge in [0.1, 0.15) is 0 Å². The van der Waals surface area contributed by atoms with Crippen LogP contribution in [0.2, 0.25) is 0 Å². The highest BCUT2D eigenvalue weighted by Crippen LogP contribution is 2.28. The summed E-state index contributed by atoms with van der Waals surface area (Å²) in [5, 5.41) is 4.51. The maximum Gasteiger partial charge on any atom is 0.289 e. The number of hydrogen-bond acceptors (Lipinski definition) is 4. The van der Waals surface area contributed by atoms with Crippen LogP contribution in [0.5, 0.6) is 0 Å². The topological polar surface area (TPSA) is 54.5 Å². The molecule has 3 heterocycles. The predicted molar refractivity (Wildman–Crippen MR) is 121 cm³/mol. The monoisotopic (exact) mass is 420 g/mol. The van der Waals surface area contributed by atoms with Gasteiger partial charge in [-0.3, -0.25) is 14.4 Å². The van der Waals surface area contributed by atoms with Crippen LogP contribution in [0.1, 0.15) is 40.2 Å². The van der Waals surface area contributed by atoms with Crippen molar-refractivity contribution >= 4 is 5.91 Å². The number of nitrogens with zero attached hydrogens (tertiary/aromatic N) is 4. The summed E-state index contributed by atoms with van der Waals surface area (Å²) in [7, 11) is 4.20. The molecule has 0 radical (unpaired) electrons. The summed E-state index contributed by atoms with van der Waals surface area (Å²) >= 11 is 0. The molecule has 31 heavy (non-hydrogen) atoms. The fourth-order valence-electron chi connectivity index (χ4n) is 4.77. The van der Waals surface area contributed by atoms with Crippen LogP contribution in [0, 0.1) is 12.8 Å². The molecule has 1 aliphatic rings. The van der Waals surface area contributed by atoms with Crippen molar-refractivity contribution in [3.05, 3.63) is 77.5 Å². The van der Waals surface area contributed by atoms with Crippen LogP contribution in [0.25, 0.3) is 0 Å². The predicted octanol–water partition coefficient (Wildman–Crippen LogP) is 3.92. The highest BCUT2D eigenvalue weighted by molar-refractivity contribution is 5.91. The van der Waals surface area contributed by atoms with Crippen molar-refractivity contribution < 1.29 is 9.21 Å². The molecule has 164 valence electrons. The fraction of sp³-hybridized carbons (Fsp3) is 0.440. The van der Waals surface area contributed by atoms with E-state index >= 15 is 0 Å². The van der Waals surface area contributed by atoms with E-state index in [9.17, 15) is 4.79 Å². The first kappa shape index (κ1) is 21.4. The molecule has 2 aromatic heterocycles. The molecule has 0 saturated carbocycles. The molecule has 1 atom stereocenters. The zero-order chi connectivity index (χ0) is 21.8. The lowest BCUT2D eigenvalue weighted by Crippen LogP contribution is -2.46. The Morgan fingerprint density at radius 1 is 1.19 bits per heavy atom. The Morgan fingerprint density at radius 3 is 2.55 bits per heavy atom.